The Labute approximate surface area is 207 Å². The molecule has 0 spiro atoms. The normalized spacial score (nSPS) is 16.5. The molecule has 2 aliphatic rings. The Morgan fingerprint density at radius 3 is 2.53 bits per heavy atom. The fourth-order valence-corrected chi connectivity index (χ4v) is 4.54. The lowest BCUT2D eigenvalue weighted by atomic mass is 10.1. The van der Waals surface area contributed by atoms with E-state index in [0.717, 1.165) is 42.9 Å². The number of halogens is 1. The zero-order chi connectivity index (χ0) is 24.1. The number of rotatable bonds is 8. The standard InChI is InChI=1S/C26H34ClN5O2/c1-19(2)16-25(33)32(17-20-8-9-20)18-26(34)31-13-5-12-30(14-15-31)24-11-10-23(28-29-24)21-6-3-4-7-22(21)27/h3-4,6-7,10-11,19-20H,5,8-9,12-18H2,1-2H3. The maximum Gasteiger partial charge on any atom is 0.242 e. The summed E-state index contributed by atoms with van der Waals surface area (Å²) in [5.41, 5.74) is 1.60. The number of benzene rings is 1. The van der Waals surface area contributed by atoms with Gasteiger partial charge in [0.2, 0.25) is 11.8 Å². The highest BCUT2D eigenvalue weighted by molar-refractivity contribution is 6.33. The van der Waals surface area contributed by atoms with Gasteiger partial charge in [-0.3, -0.25) is 9.59 Å². The lowest BCUT2D eigenvalue weighted by Gasteiger charge is -2.27. The minimum atomic E-state index is 0.0414. The molecule has 2 heterocycles. The molecule has 0 atom stereocenters. The second-order valence-electron chi connectivity index (χ2n) is 9.79. The Hall–Kier alpha value is -2.67. The summed E-state index contributed by atoms with van der Waals surface area (Å²) in [7, 11) is 0. The average molecular weight is 484 g/mol. The van der Waals surface area contributed by atoms with Crippen LogP contribution in [0.15, 0.2) is 36.4 Å². The fraction of sp³-hybridized carbons (Fsp3) is 0.538. The van der Waals surface area contributed by atoms with Gasteiger partial charge in [0.25, 0.3) is 0 Å². The third kappa shape index (κ3) is 6.47. The molecule has 1 aromatic heterocycles. The molecule has 1 aromatic carbocycles. The monoisotopic (exact) mass is 483 g/mol. The predicted molar refractivity (Wildman–Crippen MR) is 135 cm³/mol. The highest BCUT2D eigenvalue weighted by Gasteiger charge is 2.30. The van der Waals surface area contributed by atoms with Gasteiger partial charge in [-0.25, -0.2) is 0 Å². The molecule has 0 N–H and O–H groups in total. The molecule has 2 aromatic rings. The molecule has 34 heavy (non-hydrogen) atoms. The Kier molecular flexibility index (Phi) is 8.03. The number of aromatic nitrogens is 2. The number of hydrogen-bond donors (Lipinski definition) is 0. The van der Waals surface area contributed by atoms with Crippen molar-refractivity contribution in [1.29, 1.82) is 0 Å². The zero-order valence-electron chi connectivity index (χ0n) is 20.1. The summed E-state index contributed by atoms with van der Waals surface area (Å²) < 4.78 is 0. The van der Waals surface area contributed by atoms with Gasteiger partial charge in [0, 0.05) is 44.7 Å². The van der Waals surface area contributed by atoms with Crippen LogP contribution >= 0.6 is 11.6 Å². The second kappa shape index (κ2) is 11.2. The molecule has 0 unspecified atom stereocenters. The summed E-state index contributed by atoms with van der Waals surface area (Å²) in [5.74, 6) is 1.80. The Balaban J connectivity index is 1.35. The molecule has 0 bridgehead atoms. The van der Waals surface area contributed by atoms with Crippen LogP contribution in [0.3, 0.4) is 0 Å². The number of nitrogens with zero attached hydrogens (tertiary/aromatic N) is 5. The van der Waals surface area contributed by atoms with Gasteiger partial charge in [-0.1, -0.05) is 43.6 Å². The average Bonchev–Trinajstić information content (AvgIpc) is 3.65. The van der Waals surface area contributed by atoms with Crippen LogP contribution in [-0.2, 0) is 9.59 Å². The van der Waals surface area contributed by atoms with E-state index >= 15 is 0 Å². The van der Waals surface area contributed by atoms with Crippen molar-refractivity contribution in [1.82, 2.24) is 20.0 Å². The quantitative estimate of drug-likeness (QED) is 0.565. The zero-order valence-corrected chi connectivity index (χ0v) is 20.9. The van der Waals surface area contributed by atoms with Crippen molar-refractivity contribution >= 4 is 29.2 Å². The fourth-order valence-electron chi connectivity index (χ4n) is 4.31. The molecule has 1 saturated heterocycles. The lowest BCUT2D eigenvalue weighted by Crippen LogP contribution is -2.45. The molecule has 7 nitrogen and oxygen atoms in total. The third-order valence-electron chi connectivity index (χ3n) is 6.41. The van der Waals surface area contributed by atoms with E-state index < -0.39 is 0 Å². The van der Waals surface area contributed by atoms with Crippen molar-refractivity contribution in [3.8, 4) is 11.3 Å². The van der Waals surface area contributed by atoms with Crippen LogP contribution in [0.4, 0.5) is 5.82 Å². The molecule has 8 heteroatoms. The second-order valence-corrected chi connectivity index (χ2v) is 10.2. The van der Waals surface area contributed by atoms with Gasteiger partial charge in [-0.05, 0) is 49.3 Å². The van der Waals surface area contributed by atoms with E-state index in [1.807, 2.05) is 55.1 Å². The van der Waals surface area contributed by atoms with Gasteiger partial charge in [0.1, 0.15) is 0 Å². The maximum absolute atomic E-state index is 13.1. The van der Waals surface area contributed by atoms with Gasteiger partial charge >= 0.3 is 0 Å². The van der Waals surface area contributed by atoms with Crippen molar-refractivity contribution in [2.24, 2.45) is 11.8 Å². The number of carbonyl (C=O) groups excluding carboxylic acids is 2. The largest absolute Gasteiger partial charge is 0.353 e. The van der Waals surface area contributed by atoms with Crippen LogP contribution < -0.4 is 4.90 Å². The molecule has 2 amide bonds. The van der Waals surface area contributed by atoms with Crippen molar-refractivity contribution in [2.45, 2.75) is 39.5 Å². The topological polar surface area (TPSA) is 69.6 Å². The van der Waals surface area contributed by atoms with Crippen molar-refractivity contribution < 1.29 is 9.59 Å². The minimum Gasteiger partial charge on any atom is -0.353 e. The SMILES string of the molecule is CC(C)CC(=O)N(CC(=O)N1CCCN(c2ccc(-c3ccccc3Cl)nn2)CC1)CC1CC1. The van der Waals surface area contributed by atoms with Crippen LogP contribution in [-0.4, -0.2) is 71.1 Å². The van der Waals surface area contributed by atoms with Gasteiger partial charge < -0.3 is 14.7 Å². The van der Waals surface area contributed by atoms with E-state index in [0.29, 0.717) is 49.5 Å². The minimum absolute atomic E-state index is 0.0414. The molecule has 1 saturated carbocycles. The Bertz CT molecular complexity index is 993. The van der Waals surface area contributed by atoms with Gasteiger partial charge in [0.15, 0.2) is 5.82 Å². The van der Waals surface area contributed by atoms with Crippen molar-refractivity contribution in [3.63, 3.8) is 0 Å². The molecular formula is C26H34ClN5O2. The summed E-state index contributed by atoms with van der Waals surface area (Å²) in [6.07, 6.45) is 3.67. The molecule has 1 aliphatic heterocycles. The van der Waals surface area contributed by atoms with Crippen LogP contribution in [0.5, 0.6) is 0 Å². The number of hydrogen-bond acceptors (Lipinski definition) is 5. The van der Waals surface area contributed by atoms with Gasteiger partial charge in [-0.2, -0.15) is 0 Å². The Morgan fingerprint density at radius 1 is 1.06 bits per heavy atom. The molecule has 1 aliphatic carbocycles. The van der Waals surface area contributed by atoms with Gasteiger partial charge in [0.05, 0.1) is 17.3 Å². The molecule has 0 radical (unpaired) electrons. The predicted octanol–water partition coefficient (Wildman–Crippen LogP) is 4.12. The third-order valence-corrected chi connectivity index (χ3v) is 6.74. The first-order valence-corrected chi connectivity index (χ1v) is 12.7. The van der Waals surface area contributed by atoms with Gasteiger partial charge in [-0.15, -0.1) is 10.2 Å². The van der Waals surface area contributed by atoms with E-state index in [9.17, 15) is 9.59 Å². The van der Waals surface area contributed by atoms with E-state index in [4.69, 9.17) is 11.6 Å². The van der Waals surface area contributed by atoms with E-state index in [1.165, 1.54) is 0 Å². The summed E-state index contributed by atoms with van der Waals surface area (Å²) in [6, 6.07) is 11.5. The number of amides is 2. The molecular weight excluding hydrogens is 450 g/mol. The molecule has 4 rings (SSSR count). The van der Waals surface area contributed by atoms with Crippen LogP contribution in [0.1, 0.15) is 39.5 Å². The van der Waals surface area contributed by atoms with Crippen molar-refractivity contribution in [2.75, 3.05) is 44.2 Å². The number of carbonyl (C=O) groups is 2. The van der Waals surface area contributed by atoms with Crippen molar-refractivity contribution in [3.05, 3.63) is 41.4 Å². The summed E-state index contributed by atoms with van der Waals surface area (Å²) >= 11 is 6.29. The summed E-state index contributed by atoms with van der Waals surface area (Å²) in [6.45, 7) is 7.79. The van der Waals surface area contributed by atoms with E-state index in [1.54, 1.807) is 4.90 Å². The summed E-state index contributed by atoms with van der Waals surface area (Å²) in [5, 5.41) is 9.46. The molecule has 2 fully saturated rings. The van der Waals surface area contributed by atoms with Crippen LogP contribution in [0, 0.1) is 11.8 Å². The first-order valence-electron chi connectivity index (χ1n) is 12.3. The van der Waals surface area contributed by atoms with Crippen LogP contribution in [0.25, 0.3) is 11.3 Å². The first kappa shape index (κ1) is 24.5. The maximum atomic E-state index is 13.1. The number of anilines is 1. The highest BCUT2D eigenvalue weighted by atomic mass is 35.5. The van der Waals surface area contributed by atoms with E-state index in [-0.39, 0.29) is 18.4 Å². The van der Waals surface area contributed by atoms with Crippen LogP contribution in [0.2, 0.25) is 5.02 Å². The lowest BCUT2D eigenvalue weighted by molar-refractivity contribution is -0.141. The first-order chi connectivity index (χ1) is 16.4. The summed E-state index contributed by atoms with van der Waals surface area (Å²) in [4.78, 5) is 31.7. The smallest absolute Gasteiger partial charge is 0.242 e. The van der Waals surface area contributed by atoms with E-state index in [2.05, 4.69) is 15.1 Å². The Morgan fingerprint density at radius 2 is 1.85 bits per heavy atom. The molecule has 182 valence electrons. The highest BCUT2D eigenvalue weighted by Crippen LogP contribution is 2.30.